The van der Waals surface area contributed by atoms with Crippen LogP contribution >= 0.6 is 0 Å². The summed E-state index contributed by atoms with van der Waals surface area (Å²) in [5, 5.41) is 7.32. The second-order valence-electron chi connectivity index (χ2n) is 3.42. The summed E-state index contributed by atoms with van der Waals surface area (Å²) in [6.45, 7) is 10.1. The molecule has 1 aliphatic carbocycles. The molecule has 0 spiro atoms. The van der Waals surface area contributed by atoms with Crippen LogP contribution < -0.4 is 0 Å². The quantitative estimate of drug-likeness (QED) is 0.591. The molecular weight excluding hydrogens is 158 g/mol. The van der Waals surface area contributed by atoms with Crippen LogP contribution in [0.4, 0.5) is 0 Å². The Kier molecular flexibility index (Phi) is 13.2. The average Bonchev–Trinajstić information content (AvgIpc) is 2.56. The van der Waals surface area contributed by atoms with Crippen molar-refractivity contribution < 1.29 is 0 Å². The van der Waals surface area contributed by atoms with Gasteiger partial charge in [-0.25, -0.2) is 0 Å². The molecule has 0 aromatic rings. The van der Waals surface area contributed by atoms with Crippen LogP contribution in [0.15, 0.2) is 0 Å². The summed E-state index contributed by atoms with van der Waals surface area (Å²) in [6, 6.07) is 1.75. The fraction of sp³-hybridized carbons (Fsp3) is 0.917. The molecule has 0 heterocycles. The molecule has 0 saturated heterocycles. The normalized spacial score (nSPS) is 24.6. The Morgan fingerprint density at radius 1 is 1.31 bits per heavy atom. The van der Waals surface area contributed by atoms with E-state index in [0.29, 0.717) is 0 Å². The van der Waals surface area contributed by atoms with Crippen LogP contribution in [0.25, 0.3) is 0 Å². The Labute approximate surface area is 84.2 Å². The first-order valence-corrected chi connectivity index (χ1v) is 5.55. The molecule has 0 radical (unpaired) electrons. The maximum atomic E-state index is 7.32. The minimum Gasteiger partial charge on any atom is -0.199 e. The third-order valence-corrected chi connectivity index (χ3v) is 2.38. The van der Waals surface area contributed by atoms with Crippen molar-refractivity contribution in [1.82, 2.24) is 0 Å². The van der Waals surface area contributed by atoms with Crippen molar-refractivity contribution in [3.05, 3.63) is 0 Å². The van der Waals surface area contributed by atoms with Gasteiger partial charge in [0.1, 0.15) is 0 Å². The van der Waals surface area contributed by atoms with Crippen molar-refractivity contribution >= 4 is 0 Å². The highest BCUT2D eigenvalue weighted by atomic mass is 14.2. The Bertz CT molecular complexity index is 124. The number of nitrogens with zero attached hydrogens (tertiary/aromatic N) is 1. The molecule has 1 fully saturated rings. The Balaban J connectivity index is 0. The Morgan fingerprint density at radius 3 is 1.92 bits per heavy atom. The number of hydrogen-bond donors (Lipinski definition) is 0. The minimum absolute atomic E-state index is 1.03. The fourth-order valence-electron chi connectivity index (χ4n) is 1.70. The molecule has 0 bridgehead atoms. The van der Waals surface area contributed by atoms with Crippen molar-refractivity contribution in [2.24, 2.45) is 11.8 Å². The molecule has 0 aromatic heterocycles. The second-order valence-corrected chi connectivity index (χ2v) is 3.42. The van der Waals surface area contributed by atoms with Gasteiger partial charge in [-0.3, -0.25) is 0 Å². The van der Waals surface area contributed by atoms with E-state index in [1.165, 1.54) is 32.6 Å². The summed E-state index contributed by atoms with van der Waals surface area (Å²) in [5.41, 5.74) is 0. The first-order chi connectivity index (χ1) is 6.24. The van der Waals surface area contributed by atoms with Gasteiger partial charge >= 0.3 is 0 Å². The molecule has 2 atom stereocenters. The van der Waals surface area contributed by atoms with E-state index in [9.17, 15) is 0 Å². The third-order valence-electron chi connectivity index (χ3n) is 2.38. The highest BCUT2D eigenvalue weighted by molar-refractivity contribution is 4.70. The summed E-state index contributed by atoms with van der Waals surface area (Å²) >= 11 is 0. The van der Waals surface area contributed by atoms with Gasteiger partial charge < -0.3 is 0 Å². The topological polar surface area (TPSA) is 23.8 Å². The standard InChI is InChI=1S/C8H16.C2H3N.C2H6/c1-3-8-5-4-7(2)6-8;1-2-3;1-2/h7-8H,3-6H2,1-2H3;1H3;1-2H3. The van der Waals surface area contributed by atoms with Crippen molar-refractivity contribution in [3.8, 4) is 6.07 Å². The van der Waals surface area contributed by atoms with Crippen molar-refractivity contribution in [3.63, 3.8) is 0 Å². The van der Waals surface area contributed by atoms with E-state index < -0.39 is 0 Å². The zero-order chi connectivity index (χ0) is 10.7. The molecular formula is C12H25N. The van der Waals surface area contributed by atoms with Gasteiger partial charge in [0.25, 0.3) is 0 Å². The van der Waals surface area contributed by atoms with Crippen molar-refractivity contribution in [2.45, 2.75) is 60.3 Å². The van der Waals surface area contributed by atoms with Gasteiger partial charge in [-0.05, 0) is 18.3 Å². The highest BCUT2D eigenvalue weighted by Crippen LogP contribution is 2.31. The van der Waals surface area contributed by atoms with Gasteiger partial charge in [-0.1, -0.05) is 47.0 Å². The number of nitriles is 1. The maximum Gasteiger partial charge on any atom is 0.0587 e. The predicted octanol–water partition coefficient (Wildman–Crippen LogP) is 4.39. The molecule has 1 nitrogen and oxygen atoms in total. The number of rotatable bonds is 1. The SMILES string of the molecule is CC.CC#N.CCC1CCC(C)C1. The predicted molar refractivity (Wildman–Crippen MR) is 59.4 cm³/mol. The summed E-state index contributed by atoms with van der Waals surface area (Å²) in [7, 11) is 0. The Hall–Kier alpha value is -0.510. The minimum atomic E-state index is 1.03. The molecule has 78 valence electrons. The van der Waals surface area contributed by atoms with E-state index in [1.54, 1.807) is 6.07 Å². The average molecular weight is 183 g/mol. The summed E-state index contributed by atoms with van der Waals surface area (Å²) in [5.74, 6) is 2.10. The summed E-state index contributed by atoms with van der Waals surface area (Å²) in [4.78, 5) is 0. The van der Waals surface area contributed by atoms with Crippen LogP contribution in [0.1, 0.15) is 60.3 Å². The molecule has 1 heteroatoms. The third kappa shape index (κ3) is 9.40. The smallest absolute Gasteiger partial charge is 0.0587 e. The lowest BCUT2D eigenvalue weighted by molar-refractivity contribution is 0.501. The van der Waals surface area contributed by atoms with Crippen LogP contribution in [0.5, 0.6) is 0 Å². The van der Waals surface area contributed by atoms with E-state index in [2.05, 4.69) is 13.8 Å². The maximum absolute atomic E-state index is 7.32. The second kappa shape index (κ2) is 11.5. The van der Waals surface area contributed by atoms with Gasteiger partial charge in [-0.15, -0.1) is 0 Å². The molecule has 1 rings (SSSR count). The molecule has 13 heavy (non-hydrogen) atoms. The van der Waals surface area contributed by atoms with Crippen LogP contribution in [-0.2, 0) is 0 Å². The zero-order valence-corrected chi connectivity index (χ0v) is 9.93. The van der Waals surface area contributed by atoms with Crippen LogP contribution in [-0.4, -0.2) is 0 Å². The van der Waals surface area contributed by atoms with Gasteiger partial charge in [0.2, 0.25) is 0 Å². The lowest BCUT2D eigenvalue weighted by Gasteiger charge is -2.02. The van der Waals surface area contributed by atoms with Crippen molar-refractivity contribution in [1.29, 1.82) is 5.26 Å². The first-order valence-electron chi connectivity index (χ1n) is 5.55. The van der Waals surface area contributed by atoms with Gasteiger partial charge in [-0.2, -0.15) is 5.26 Å². The molecule has 1 aliphatic rings. The largest absolute Gasteiger partial charge is 0.199 e. The number of hydrogen-bond acceptors (Lipinski definition) is 1. The molecule has 0 aliphatic heterocycles. The first kappa shape index (κ1) is 15.0. The van der Waals surface area contributed by atoms with Crippen LogP contribution in [0.2, 0.25) is 0 Å². The van der Waals surface area contributed by atoms with E-state index in [1.807, 2.05) is 13.8 Å². The molecule has 0 amide bonds. The van der Waals surface area contributed by atoms with E-state index >= 15 is 0 Å². The molecule has 2 unspecified atom stereocenters. The lowest BCUT2D eigenvalue weighted by atomic mass is 10.0. The Morgan fingerprint density at radius 2 is 1.77 bits per heavy atom. The van der Waals surface area contributed by atoms with E-state index in [4.69, 9.17) is 5.26 Å². The van der Waals surface area contributed by atoms with Crippen LogP contribution in [0.3, 0.4) is 0 Å². The molecule has 0 N–H and O–H groups in total. The van der Waals surface area contributed by atoms with Crippen molar-refractivity contribution in [2.75, 3.05) is 0 Å². The van der Waals surface area contributed by atoms with Gasteiger partial charge in [0, 0.05) is 6.92 Å². The monoisotopic (exact) mass is 183 g/mol. The fourth-order valence-corrected chi connectivity index (χ4v) is 1.70. The van der Waals surface area contributed by atoms with Gasteiger partial charge in [0.05, 0.1) is 6.07 Å². The molecule has 1 saturated carbocycles. The van der Waals surface area contributed by atoms with Crippen LogP contribution in [0, 0.1) is 23.2 Å². The van der Waals surface area contributed by atoms with Gasteiger partial charge in [0.15, 0.2) is 0 Å². The zero-order valence-electron chi connectivity index (χ0n) is 9.93. The highest BCUT2D eigenvalue weighted by Gasteiger charge is 2.18. The lowest BCUT2D eigenvalue weighted by Crippen LogP contribution is -1.89. The van der Waals surface area contributed by atoms with E-state index in [0.717, 1.165) is 11.8 Å². The molecule has 0 aromatic carbocycles. The summed E-state index contributed by atoms with van der Waals surface area (Å²) < 4.78 is 0. The van der Waals surface area contributed by atoms with E-state index in [-0.39, 0.29) is 0 Å². The summed E-state index contributed by atoms with van der Waals surface area (Å²) in [6.07, 6.45) is 5.89.